The average molecular weight is 379 g/mol. The smallest absolute Gasteiger partial charge is 0.191 e. The number of piperazine rings is 1. The second-order valence-corrected chi connectivity index (χ2v) is 7.48. The molecule has 0 bridgehead atoms. The molecule has 0 N–H and O–H groups in total. The van der Waals surface area contributed by atoms with Gasteiger partial charge in [-0.05, 0) is 12.8 Å². The van der Waals surface area contributed by atoms with Gasteiger partial charge in [-0.1, -0.05) is 35.5 Å². The summed E-state index contributed by atoms with van der Waals surface area (Å²) in [7, 11) is 0. The van der Waals surface area contributed by atoms with E-state index in [-0.39, 0.29) is 5.82 Å². The third kappa shape index (κ3) is 3.49. The second-order valence-electron chi connectivity index (χ2n) is 7.48. The van der Waals surface area contributed by atoms with Crippen molar-refractivity contribution in [3.05, 3.63) is 60.0 Å². The predicted molar refractivity (Wildman–Crippen MR) is 103 cm³/mol. The minimum absolute atomic E-state index is 0.350. The van der Waals surface area contributed by atoms with Gasteiger partial charge in [0.15, 0.2) is 11.6 Å². The van der Waals surface area contributed by atoms with Gasteiger partial charge in [0.25, 0.3) is 0 Å². The molecule has 5 rings (SSSR count). The summed E-state index contributed by atoms with van der Waals surface area (Å²) in [5, 5.41) is 4.20. The molecule has 1 saturated heterocycles. The van der Waals surface area contributed by atoms with Crippen LogP contribution in [0.5, 0.6) is 0 Å². The van der Waals surface area contributed by atoms with Crippen LogP contribution in [-0.4, -0.2) is 46.2 Å². The number of aromatic nitrogens is 3. The van der Waals surface area contributed by atoms with Gasteiger partial charge in [0.1, 0.15) is 17.8 Å². The maximum atomic E-state index is 15.1. The maximum absolute atomic E-state index is 15.1. The van der Waals surface area contributed by atoms with Crippen LogP contribution in [0.4, 0.5) is 10.2 Å². The Morgan fingerprint density at radius 3 is 2.57 bits per heavy atom. The Labute approximate surface area is 163 Å². The van der Waals surface area contributed by atoms with Crippen LogP contribution in [0.15, 0.2) is 47.2 Å². The Kier molecular flexibility index (Phi) is 4.52. The first kappa shape index (κ1) is 17.3. The van der Waals surface area contributed by atoms with Gasteiger partial charge in [-0.2, -0.15) is 0 Å². The number of halogens is 1. The molecule has 28 heavy (non-hydrogen) atoms. The molecule has 1 aliphatic heterocycles. The summed E-state index contributed by atoms with van der Waals surface area (Å²) in [5.74, 6) is 1.63. The molecule has 0 amide bonds. The Morgan fingerprint density at radius 2 is 1.82 bits per heavy atom. The van der Waals surface area contributed by atoms with Gasteiger partial charge in [-0.15, -0.1) is 0 Å². The van der Waals surface area contributed by atoms with Gasteiger partial charge in [0.2, 0.25) is 0 Å². The lowest BCUT2D eigenvalue weighted by Crippen LogP contribution is -2.46. The molecule has 7 heteroatoms. The lowest BCUT2D eigenvalue weighted by atomic mass is 10.1. The fourth-order valence-electron chi connectivity index (χ4n) is 3.69. The lowest BCUT2D eigenvalue weighted by Gasteiger charge is -2.35. The molecule has 3 heterocycles. The van der Waals surface area contributed by atoms with Crippen LogP contribution in [-0.2, 0) is 6.54 Å². The highest BCUT2D eigenvalue weighted by Crippen LogP contribution is 2.40. The highest BCUT2D eigenvalue weighted by molar-refractivity contribution is 5.63. The molecule has 0 atom stereocenters. The molecule has 2 aliphatic rings. The first-order valence-electron chi connectivity index (χ1n) is 9.76. The van der Waals surface area contributed by atoms with Crippen molar-refractivity contribution in [1.82, 2.24) is 20.0 Å². The molecule has 1 saturated carbocycles. The Bertz CT molecular complexity index is 948. The van der Waals surface area contributed by atoms with E-state index in [0.29, 0.717) is 17.4 Å². The minimum Gasteiger partial charge on any atom is -0.361 e. The van der Waals surface area contributed by atoms with Crippen LogP contribution in [0.25, 0.3) is 11.3 Å². The molecular formula is C21H22FN5O. The standard InChI is InChI=1S/C21H22FN5O/c22-19-20(16-4-2-1-3-5-16)23-14-24-21(19)27-10-8-26(9-11-27)13-17-12-18(28-25-17)15-6-7-15/h1-5,12,14-15H,6-11,13H2. The third-order valence-electron chi connectivity index (χ3n) is 5.43. The first-order valence-corrected chi connectivity index (χ1v) is 9.76. The van der Waals surface area contributed by atoms with Crippen molar-refractivity contribution in [3.8, 4) is 11.3 Å². The molecule has 1 aromatic carbocycles. The van der Waals surface area contributed by atoms with Gasteiger partial charge in [-0.25, -0.2) is 14.4 Å². The quantitative estimate of drug-likeness (QED) is 0.677. The summed E-state index contributed by atoms with van der Waals surface area (Å²) in [6.07, 6.45) is 3.87. The van der Waals surface area contributed by atoms with Gasteiger partial charge in [0, 0.05) is 50.3 Å². The van der Waals surface area contributed by atoms with Crippen LogP contribution in [0.2, 0.25) is 0 Å². The van der Waals surface area contributed by atoms with Gasteiger partial charge in [-0.3, -0.25) is 4.90 Å². The molecule has 6 nitrogen and oxygen atoms in total. The van der Waals surface area contributed by atoms with E-state index >= 15 is 4.39 Å². The van der Waals surface area contributed by atoms with Gasteiger partial charge >= 0.3 is 0 Å². The average Bonchev–Trinajstić information content (AvgIpc) is 3.49. The molecule has 0 unspecified atom stereocenters. The normalized spacial score (nSPS) is 17.8. The summed E-state index contributed by atoms with van der Waals surface area (Å²) in [4.78, 5) is 12.7. The van der Waals surface area contributed by atoms with E-state index in [9.17, 15) is 0 Å². The van der Waals surface area contributed by atoms with E-state index < -0.39 is 0 Å². The Balaban J connectivity index is 1.25. The number of hydrogen-bond donors (Lipinski definition) is 0. The summed E-state index contributed by atoms with van der Waals surface area (Å²) in [6, 6.07) is 11.5. The van der Waals surface area contributed by atoms with E-state index in [1.54, 1.807) is 0 Å². The van der Waals surface area contributed by atoms with Crippen LogP contribution in [0.3, 0.4) is 0 Å². The Morgan fingerprint density at radius 1 is 1.04 bits per heavy atom. The topological polar surface area (TPSA) is 58.3 Å². The Hall–Kier alpha value is -2.80. The van der Waals surface area contributed by atoms with Crippen LogP contribution < -0.4 is 4.90 Å². The van der Waals surface area contributed by atoms with E-state index in [1.165, 1.54) is 19.2 Å². The van der Waals surface area contributed by atoms with Crippen molar-refractivity contribution in [1.29, 1.82) is 0 Å². The largest absolute Gasteiger partial charge is 0.361 e. The molecule has 2 fully saturated rings. The molecule has 0 radical (unpaired) electrons. The lowest BCUT2D eigenvalue weighted by molar-refractivity contribution is 0.240. The highest BCUT2D eigenvalue weighted by atomic mass is 19.1. The van der Waals surface area contributed by atoms with Crippen molar-refractivity contribution in [2.24, 2.45) is 0 Å². The van der Waals surface area contributed by atoms with Crippen molar-refractivity contribution in [3.63, 3.8) is 0 Å². The monoisotopic (exact) mass is 379 g/mol. The third-order valence-corrected chi connectivity index (χ3v) is 5.43. The number of hydrogen-bond acceptors (Lipinski definition) is 6. The van der Waals surface area contributed by atoms with Crippen molar-refractivity contribution in [2.45, 2.75) is 25.3 Å². The number of benzene rings is 1. The van der Waals surface area contributed by atoms with Crippen molar-refractivity contribution in [2.75, 3.05) is 31.1 Å². The van der Waals surface area contributed by atoms with E-state index in [2.05, 4.69) is 26.1 Å². The van der Waals surface area contributed by atoms with Gasteiger partial charge < -0.3 is 9.42 Å². The fraction of sp³-hybridized carbons (Fsp3) is 0.381. The zero-order valence-electron chi connectivity index (χ0n) is 15.6. The van der Waals surface area contributed by atoms with Crippen LogP contribution >= 0.6 is 0 Å². The predicted octanol–water partition coefficient (Wildman–Crippen LogP) is 3.47. The summed E-state index contributed by atoms with van der Waals surface area (Å²) < 4.78 is 20.5. The number of anilines is 1. The van der Waals surface area contributed by atoms with Gasteiger partial charge in [0.05, 0.1) is 5.69 Å². The maximum Gasteiger partial charge on any atom is 0.191 e. The summed E-state index contributed by atoms with van der Waals surface area (Å²) in [6.45, 7) is 3.86. The molecule has 3 aromatic rings. The molecule has 144 valence electrons. The minimum atomic E-state index is -0.354. The molecule has 0 spiro atoms. The zero-order chi connectivity index (χ0) is 18.9. The second kappa shape index (κ2) is 7.31. The molecular weight excluding hydrogens is 357 g/mol. The number of nitrogens with zero attached hydrogens (tertiary/aromatic N) is 5. The summed E-state index contributed by atoms with van der Waals surface area (Å²) in [5.41, 5.74) is 2.10. The fourth-order valence-corrected chi connectivity index (χ4v) is 3.69. The zero-order valence-corrected chi connectivity index (χ0v) is 15.6. The molecule has 1 aliphatic carbocycles. The van der Waals surface area contributed by atoms with E-state index in [4.69, 9.17) is 4.52 Å². The van der Waals surface area contributed by atoms with Crippen LogP contribution in [0, 0.1) is 5.82 Å². The summed E-state index contributed by atoms with van der Waals surface area (Å²) >= 11 is 0. The molecule has 2 aromatic heterocycles. The van der Waals surface area contributed by atoms with Crippen molar-refractivity contribution < 1.29 is 8.91 Å². The van der Waals surface area contributed by atoms with E-state index in [1.807, 2.05) is 35.2 Å². The SMILES string of the molecule is Fc1c(-c2ccccc2)ncnc1N1CCN(Cc2cc(C3CC3)on2)CC1. The van der Waals surface area contributed by atoms with Crippen molar-refractivity contribution >= 4 is 5.82 Å². The number of rotatable bonds is 5. The van der Waals surface area contributed by atoms with Crippen LogP contribution in [0.1, 0.15) is 30.2 Å². The highest BCUT2D eigenvalue weighted by Gasteiger charge is 2.28. The first-order chi connectivity index (χ1) is 13.8. The van der Waals surface area contributed by atoms with E-state index in [0.717, 1.165) is 49.7 Å².